The third-order valence-electron chi connectivity index (χ3n) is 3.90. The molecule has 11 nitrogen and oxygen atoms in total. The summed E-state index contributed by atoms with van der Waals surface area (Å²) >= 11 is 0. The summed E-state index contributed by atoms with van der Waals surface area (Å²) in [5.74, 6) is -5.32. The quantitative estimate of drug-likeness (QED) is 0.297. The van der Waals surface area contributed by atoms with Gasteiger partial charge in [0.05, 0.1) is 26.7 Å². The van der Waals surface area contributed by atoms with Gasteiger partial charge in [-0.25, -0.2) is 4.79 Å². The molecular formula is C18H26O11. The van der Waals surface area contributed by atoms with Gasteiger partial charge < -0.3 is 33.5 Å². The first-order valence-electron chi connectivity index (χ1n) is 8.73. The van der Waals surface area contributed by atoms with Crippen LogP contribution >= 0.6 is 0 Å². The summed E-state index contributed by atoms with van der Waals surface area (Å²) in [6, 6.07) is 0. The number of methoxy groups -OCH3 is 1. The first kappa shape index (κ1) is 24.5. The molecule has 1 heterocycles. The van der Waals surface area contributed by atoms with Gasteiger partial charge in [0.25, 0.3) is 5.79 Å². The molecule has 164 valence electrons. The van der Waals surface area contributed by atoms with Gasteiger partial charge in [0, 0.05) is 20.8 Å². The lowest BCUT2D eigenvalue weighted by molar-refractivity contribution is -0.324. The number of ether oxygens (including phenoxy) is 6. The molecule has 0 aromatic heterocycles. The maximum Gasteiger partial charge on any atom is 0.366 e. The van der Waals surface area contributed by atoms with E-state index in [1.54, 1.807) is 0 Å². The molecule has 0 aliphatic carbocycles. The normalized spacial score (nSPS) is 27.3. The fraction of sp³-hybridized carbons (Fsp3) is 0.667. The second-order valence-electron chi connectivity index (χ2n) is 6.18. The van der Waals surface area contributed by atoms with Crippen molar-refractivity contribution in [3.05, 3.63) is 12.7 Å². The highest BCUT2D eigenvalue weighted by Gasteiger charge is 2.58. The van der Waals surface area contributed by atoms with E-state index in [1.807, 2.05) is 0 Å². The second kappa shape index (κ2) is 10.9. The largest absolute Gasteiger partial charge is 0.465 e. The SMILES string of the molecule is C=CCO[C@]1(C(=O)OC)C[C@@H](OC(C)=O)[C@@H](OC(C)=O)[C@@H]([C@@H](CO)OC(C)=O)O1. The smallest absolute Gasteiger partial charge is 0.366 e. The highest BCUT2D eigenvalue weighted by Crippen LogP contribution is 2.37. The standard InChI is InChI=1S/C18H26O11/c1-6-7-25-18(17(23)24-5)8-13(26-10(2)20)15(28-12(4)22)16(29-18)14(9-19)27-11(3)21/h6,13-16,19H,1,7-9H2,2-5H3/t13-,14-,15-,16-,18-/m1/s1. The molecule has 1 N–H and O–H groups in total. The zero-order valence-corrected chi connectivity index (χ0v) is 16.7. The molecule has 29 heavy (non-hydrogen) atoms. The van der Waals surface area contributed by atoms with Gasteiger partial charge in [-0.15, -0.1) is 6.58 Å². The van der Waals surface area contributed by atoms with Gasteiger partial charge in [-0.1, -0.05) is 6.08 Å². The van der Waals surface area contributed by atoms with Gasteiger partial charge >= 0.3 is 23.9 Å². The molecular weight excluding hydrogens is 392 g/mol. The zero-order valence-electron chi connectivity index (χ0n) is 16.7. The lowest BCUT2D eigenvalue weighted by Crippen LogP contribution is -2.65. The monoisotopic (exact) mass is 418 g/mol. The minimum atomic E-state index is -2.10. The van der Waals surface area contributed by atoms with Crippen molar-refractivity contribution in [1.29, 1.82) is 0 Å². The Morgan fingerprint density at radius 3 is 2.24 bits per heavy atom. The zero-order chi connectivity index (χ0) is 22.2. The van der Waals surface area contributed by atoms with Gasteiger partial charge in [0.2, 0.25) is 0 Å². The second-order valence-corrected chi connectivity index (χ2v) is 6.18. The van der Waals surface area contributed by atoms with Crippen molar-refractivity contribution in [3.8, 4) is 0 Å². The molecule has 0 radical (unpaired) electrons. The molecule has 0 unspecified atom stereocenters. The number of carbonyl (C=O) groups is 4. The van der Waals surface area contributed by atoms with Crippen LogP contribution < -0.4 is 0 Å². The van der Waals surface area contributed by atoms with Crippen LogP contribution in [-0.2, 0) is 47.6 Å². The maximum absolute atomic E-state index is 12.5. The summed E-state index contributed by atoms with van der Waals surface area (Å²) < 4.78 is 31.5. The summed E-state index contributed by atoms with van der Waals surface area (Å²) in [6.45, 7) is 5.93. The Morgan fingerprint density at radius 1 is 1.17 bits per heavy atom. The maximum atomic E-state index is 12.5. The Kier molecular flexibility index (Phi) is 9.21. The summed E-state index contributed by atoms with van der Waals surface area (Å²) in [6.07, 6.45) is -4.37. The molecule has 5 atom stereocenters. The number of hydrogen-bond donors (Lipinski definition) is 1. The van der Waals surface area contributed by atoms with Crippen molar-refractivity contribution in [2.24, 2.45) is 0 Å². The van der Waals surface area contributed by atoms with Gasteiger partial charge in [0.1, 0.15) is 12.2 Å². The third-order valence-corrected chi connectivity index (χ3v) is 3.90. The highest BCUT2D eigenvalue weighted by atomic mass is 16.7. The molecule has 0 aromatic carbocycles. The van der Waals surface area contributed by atoms with Crippen LogP contribution in [-0.4, -0.2) is 79.5 Å². The van der Waals surface area contributed by atoms with Crippen LogP contribution in [0.5, 0.6) is 0 Å². The van der Waals surface area contributed by atoms with E-state index in [4.69, 9.17) is 28.4 Å². The molecule has 1 aliphatic rings. The minimum Gasteiger partial charge on any atom is -0.465 e. The lowest BCUT2D eigenvalue weighted by Gasteiger charge is -2.46. The van der Waals surface area contributed by atoms with Crippen LogP contribution in [0, 0.1) is 0 Å². The van der Waals surface area contributed by atoms with Crippen molar-refractivity contribution in [2.45, 2.75) is 57.4 Å². The third kappa shape index (κ3) is 6.51. The molecule has 0 saturated carbocycles. The number of rotatable bonds is 9. The average molecular weight is 418 g/mol. The van der Waals surface area contributed by atoms with E-state index in [-0.39, 0.29) is 13.0 Å². The number of aliphatic hydroxyl groups is 1. The molecule has 0 spiro atoms. The van der Waals surface area contributed by atoms with E-state index in [1.165, 1.54) is 6.08 Å². The predicted octanol–water partition coefficient (Wildman–Crippen LogP) is -0.365. The van der Waals surface area contributed by atoms with Crippen molar-refractivity contribution < 1.29 is 52.7 Å². The summed E-state index contributed by atoms with van der Waals surface area (Å²) in [5.41, 5.74) is 0. The van der Waals surface area contributed by atoms with Gasteiger partial charge in [-0.05, 0) is 0 Å². The van der Waals surface area contributed by atoms with E-state index in [0.29, 0.717) is 0 Å². The molecule has 1 aliphatic heterocycles. The Balaban J connectivity index is 3.48. The molecule has 0 aromatic rings. The summed E-state index contributed by atoms with van der Waals surface area (Å²) in [5, 5.41) is 9.71. The van der Waals surface area contributed by atoms with Crippen LogP contribution in [0.3, 0.4) is 0 Å². The topological polar surface area (TPSA) is 144 Å². The average Bonchev–Trinajstić information content (AvgIpc) is 2.64. The van der Waals surface area contributed by atoms with E-state index < -0.39 is 60.7 Å². The van der Waals surface area contributed by atoms with Gasteiger partial charge in [-0.2, -0.15) is 0 Å². The van der Waals surface area contributed by atoms with E-state index >= 15 is 0 Å². The first-order chi connectivity index (χ1) is 13.6. The molecule has 0 amide bonds. The molecule has 0 bridgehead atoms. The Labute approximate surface area is 167 Å². The molecule has 1 rings (SSSR count). The van der Waals surface area contributed by atoms with Crippen molar-refractivity contribution in [2.75, 3.05) is 20.3 Å². The fourth-order valence-electron chi connectivity index (χ4n) is 2.93. The Hall–Kier alpha value is -2.50. The first-order valence-corrected chi connectivity index (χ1v) is 8.73. The van der Waals surface area contributed by atoms with Gasteiger partial charge in [-0.3, -0.25) is 14.4 Å². The fourth-order valence-corrected chi connectivity index (χ4v) is 2.93. The predicted molar refractivity (Wildman–Crippen MR) is 94.1 cm³/mol. The number of esters is 4. The summed E-state index contributed by atoms with van der Waals surface area (Å²) in [7, 11) is 1.09. The Bertz CT molecular complexity index is 631. The van der Waals surface area contributed by atoms with Crippen LogP contribution in [0.4, 0.5) is 0 Å². The number of aliphatic hydroxyl groups excluding tert-OH is 1. The van der Waals surface area contributed by atoms with E-state index in [9.17, 15) is 24.3 Å². The van der Waals surface area contributed by atoms with E-state index in [0.717, 1.165) is 27.9 Å². The van der Waals surface area contributed by atoms with Crippen LogP contribution in [0.2, 0.25) is 0 Å². The minimum absolute atomic E-state index is 0.149. The van der Waals surface area contributed by atoms with Crippen LogP contribution in [0.15, 0.2) is 12.7 Å². The number of carbonyl (C=O) groups excluding carboxylic acids is 4. The molecule has 11 heteroatoms. The van der Waals surface area contributed by atoms with Crippen molar-refractivity contribution >= 4 is 23.9 Å². The van der Waals surface area contributed by atoms with Crippen molar-refractivity contribution in [1.82, 2.24) is 0 Å². The van der Waals surface area contributed by atoms with Crippen LogP contribution in [0.1, 0.15) is 27.2 Å². The summed E-state index contributed by atoms with van der Waals surface area (Å²) in [4.78, 5) is 47.2. The van der Waals surface area contributed by atoms with Crippen molar-refractivity contribution in [3.63, 3.8) is 0 Å². The van der Waals surface area contributed by atoms with Crippen LogP contribution in [0.25, 0.3) is 0 Å². The van der Waals surface area contributed by atoms with E-state index in [2.05, 4.69) is 6.58 Å². The lowest BCUT2D eigenvalue weighted by atomic mass is 9.91. The highest BCUT2D eigenvalue weighted by molar-refractivity contribution is 5.78. The Morgan fingerprint density at radius 2 is 1.79 bits per heavy atom. The van der Waals surface area contributed by atoms with Gasteiger partial charge in [0.15, 0.2) is 12.2 Å². The molecule has 1 saturated heterocycles. The number of hydrogen-bond acceptors (Lipinski definition) is 11. The molecule has 1 fully saturated rings.